The monoisotopic (exact) mass is 464 g/mol. The van der Waals surface area contributed by atoms with Crippen molar-refractivity contribution in [3.8, 4) is 11.4 Å². The maximum Gasteiger partial charge on any atom is 0.340 e. The summed E-state index contributed by atoms with van der Waals surface area (Å²) in [5.74, 6) is 0.278. The smallest absolute Gasteiger partial charge is 0.340 e. The third-order valence-electron chi connectivity index (χ3n) is 6.64. The molecule has 1 saturated carbocycles. The normalized spacial score (nSPS) is 15.4. The van der Waals surface area contributed by atoms with E-state index in [1.807, 2.05) is 32.0 Å². The van der Waals surface area contributed by atoms with Gasteiger partial charge in [-0.05, 0) is 63.9 Å². The molecular weight excluding hydrogens is 428 g/mol. The van der Waals surface area contributed by atoms with Crippen LogP contribution in [0.2, 0.25) is 0 Å². The Balaban J connectivity index is 1.55. The average Bonchev–Trinajstić information content (AvgIpc) is 3.14. The molecule has 6 nitrogen and oxygen atoms in total. The SMILES string of the molecule is CCOC(=O)c1c(C)n(-c2ccc(C)cc2)c2ccc(OCC(O)CNC3CCCCC3)cc12. The predicted molar refractivity (Wildman–Crippen MR) is 135 cm³/mol. The van der Waals surface area contributed by atoms with E-state index in [2.05, 4.69) is 41.1 Å². The first-order valence-corrected chi connectivity index (χ1v) is 12.4. The molecule has 0 spiro atoms. The van der Waals surface area contributed by atoms with E-state index < -0.39 is 6.10 Å². The molecule has 6 heteroatoms. The number of aliphatic hydroxyl groups excluding tert-OH is 1. The average molecular weight is 465 g/mol. The standard InChI is InChI=1S/C28H36N2O4/c1-4-33-28(32)27-20(3)30(22-12-10-19(2)11-13-22)26-15-14-24(16-25(26)27)34-18-23(31)17-29-21-8-6-5-7-9-21/h10-16,21,23,29,31H,4-9,17-18H2,1-3H3. The Bertz CT molecular complexity index is 1110. The van der Waals surface area contributed by atoms with Crippen LogP contribution in [0.5, 0.6) is 5.75 Å². The summed E-state index contributed by atoms with van der Waals surface area (Å²) in [5.41, 5.74) is 4.45. The van der Waals surface area contributed by atoms with Gasteiger partial charge in [-0.1, -0.05) is 37.0 Å². The van der Waals surface area contributed by atoms with Crippen molar-refractivity contribution in [3.63, 3.8) is 0 Å². The lowest BCUT2D eigenvalue weighted by Crippen LogP contribution is -2.38. The highest BCUT2D eigenvalue weighted by Gasteiger charge is 2.23. The summed E-state index contributed by atoms with van der Waals surface area (Å²) < 4.78 is 13.4. The fraction of sp³-hybridized carbons (Fsp3) is 0.464. The van der Waals surface area contributed by atoms with E-state index in [1.54, 1.807) is 0 Å². The fourth-order valence-corrected chi connectivity index (χ4v) is 4.84. The number of aromatic nitrogens is 1. The number of aliphatic hydroxyl groups is 1. The van der Waals surface area contributed by atoms with Crippen LogP contribution in [0.3, 0.4) is 0 Å². The summed E-state index contributed by atoms with van der Waals surface area (Å²) in [7, 11) is 0. The molecule has 0 aliphatic heterocycles. The van der Waals surface area contributed by atoms with Crippen molar-refractivity contribution < 1.29 is 19.4 Å². The van der Waals surface area contributed by atoms with E-state index in [4.69, 9.17) is 9.47 Å². The first-order chi connectivity index (χ1) is 16.5. The lowest BCUT2D eigenvalue weighted by molar-refractivity contribution is 0.0527. The number of carbonyl (C=O) groups excluding carboxylic acids is 1. The summed E-state index contributed by atoms with van der Waals surface area (Å²) in [6, 6.07) is 14.5. The molecule has 3 aromatic rings. The topological polar surface area (TPSA) is 72.7 Å². The van der Waals surface area contributed by atoms with Crippen molar-refractivity contribution >= 4 is 16.9 Å². The maximum absolute atomic E-state index is 12.9. The second-order valence-corrected chi connectivity index (χ2v) is 9.24. The van der Waals surface area contributed by atoms with Crippen molar-refractivity contribution in [1.82, 2.24) is 9.88 Å². The van der Waals surface area contributed by atoms with Gasteiger partial charge < -0.3 is 24.5 Å². The van der Waals surface area contributed by atoms with Gasteiger partial charge in [0.15, 0.2) is 0 Å². The minimum Gasteiger partial charge on any atom is -0.491 e. The Morgan fingerprint density at radius 3 is 2.56 bits per heavy atom. The van der Waals surface area contributed by atoms with Crippen LogP contribution in [0, 0.1) is 13.8 Å². The molecule has 2 N–H and O–H groups in total. The minimum atomic E-state index is -0.596. The number of esters is 1. The van der Waals surface area contributed by atoms with Crippen LogP contribution in [0.15, 0.2) is 42.5 Å². The number of benzene rings is 2. The zero-order valence-electron chi connectivity index (χ0n) is 20.5. The molecule has 0 saturated heterocycles. The molecule has 1 unspecified atom stereocenters. The van der Waals surface area contributed by atoms with Crippen LogP contribution < -0.4 is 10.1 Å². The van der Waals surface area contributed by atoms with Gasteiger partial charge in [0, 0.05) is 29.4 Å². The zero-order chi connectivity index (χ0) is 24.1. The first kappa shape index (κ1) is 24.3. The number of ether oxygens (including phenoxy) is 2. The van der Waals surface area contributed by atoms with E-state index in [0.717, 1.165) is 22.3 Å². The van der Waals surface area contributed by atoms with Crippen molar-refractivity contribution in [3.05, 3.63) is 59.3 Å². The van der Waals surface area contributed by atoms with E-state index in [9.17, 15) is 9.90 Å². The number of nitrogens with zero attached hydrogens (tertiary/aromatic N) is 1. The van der Waals surface area contributed by atoms with Crippen LogP contribution in [-0.4, -0.2) is 47.5 Å². The van der Waals surface area contributed by atoms with Crippen LogP contribution in [0.4, 0.5) is 0 Å². The Hall–Kier alpha value is -2.83. The summed E-state index contributed by atoms with van der Waals surface area (Å²) in [4.78, 5) is 12.9. The molecule has 1 aromatic heterocycles. The molecule has 182 valence electrons. The van der Waals surface area contributed by atoms with Crippen LogP contribution in [0.1, 0.15) is 60.6 Å². The maximum atomic E-state index is 12.9. The highest BCUT2D eigenvalue weighted by molar-refractivity contribution is 6.07. The van der Waals surface area contributed by atoms with E-state index >= 15 is 0 Å². The van der Waals surface area contributed by atoms with Crippen LogP contribution >= 0.6 is 0 Å². The summed E-state index contributed by atoms with van der Waals surface area (Å²) >= 11 is 0. The second-order valence-electron chi connectivity index (χ2n) is 9.24. The Morgan fingerprint density at radius 1 is 1.12 bits per heavy atom. The van der Waals surface area contributed by atoms with Crippen molar-refractivity contribution in [2.24, 2.45) is 0 Å². The molecule has 2 aromatic carbocycles. The van der Waals surface area contributed by atoms with Gasteiger partial charge in [0.1, 0.15) is 18.5 Å². The molecule has 4 rings (SSSR count). The largest absolute Gasteiger partial charge is 0.491 e. The number of hydrogen-bond donors (Lipinski definition) is 2. The molecule has 1 fully saturated rings. The Morgan fingerprint density at radius 2 is 1.85 bits per heavy atom. The minimum absolute atomic E-state index is 0.192. The van der Waals surface area contributed by atoms with E-state index in [-0.39, 0.29) is 12.6 Å². The number of rotatable bonds is 9. The molecule has 0 amide bonds. The predicted octanol–water partition coefficient (Wildman–Crippen LogP) is 5.09. The molecule has 34 heavy (non-hydrogen) atoms. The first-order valence-electron chi connectivity index (χ1n) is 12.4. The number of hydrogen-bond acceptors (Lipinski definition) is 5. The quantitative estimate of drug-likeness (QED) is 0.432. The Labute approximate surface area is 201 Å². The zero-order valence-corrected chi connectivity index (χ0v) is 20.5. The van der Waals surface area contributed by atoms with Gasteiger partial charge in [-0.25, -0.2) is 4.79 Å². The van der Waals surface area contributed by atoms with Crippen molar-refractivity contribution in [2.75, 3.05) is 19.8 Å². The highest BCUT2D eigenvalue weighted by atomic mass is 16.5. The van der Waals surface area contributed by atoms with E-state index in [0.29, 0.717) is 30.5 Å². The molecule has 1 heterocycles. The summed E-state index contributed by atoms with van der Waals surface area (Å²) in [6.07, 6.45) is 5.59. The third-order valence-corrected chi connectivity index (χ3v) is 6.64. The van der Waals surface area contributed by atoms with Crippen LogP contribution in [-0.2, 0) is 4.74 Å². The lowest BCUT2D eigenvalue weighted by Gasteiger charge is -2.24. The van der Waals surface area contributed by atoms with Gasteiger partial charge in [-0.15, -0.1) is 0 Å². The summed E-state index contributed by atoms with van der Waals surface area (Å²) in [5, 5.41) is 14.7. The van der Waals surface area contributed by atoms with Crippen molar-refractivity contribution in [1.29, 1.82) is 0 Å². The molecular formula is C28H36N2O4. The molecule has 0 bridgehead atoms. The number of nitrogens with one attached hydrogen (secondary N) is 1. The van der Waals surface area contributed by atoms with Crippen LogP contribution in [0.25, 0.3) is 16.6 Å². The second kappa shape index (κ2) is 11.1. The molecule has 1 aliphatic carbocycles. The molecule has 1 atom stereocenters. The lowest BCUT2D eigenvalue weighted by atomic mass is 9.95. The van der Waals surface area contributed by atoms with E-state index in [1.165, 1.54) is 37.7 Å². The van der Waals surface area contributed by atoms with Gasteiger partial charge in [-0.3, -0.25) is 0 Å². The van der Waals surface area contributed by atoms with Gasteiger partial charge in [-0.2, -0.15) is 0 Å². The Kier molecular flexibility index (Phi) is 7.91. The number of fused-ring (bicyclic) bond motifs is 1. The molecule has 1 aliphatic rings. The molecule has 0 radical (unpaired) electrons. The summed E-state index contributed by atoms with van der Waals surface area (Å²) in [6.45, 7) is 6.82. The highest BCUT2D eigenvalue weighted by Crippen LogP contribution is 2.33. The van der Waals surface area contributed by atoms with Gasteiger partial charge in [0.2, 0.25) is 0 Å². The third kappa shape index (κ3) is 5.45. The fourth-order valence-electron chi connectivity index (χ4n) is 4.84. The van der Waals surface area contributed by atoms with Gasteiger partial charge in [0.25, 0.3) is 0 Å². The van der Waals surface area contributed by atoms with Gasteiger partial charge >= 0.3 is 5.97 Å². The number of carbonyl (C=O) groups is 1. The number of aryl methyl sites for hydroxylation is 1. The van der Waals surface area contributed by atoms with Gasteiger partial charge in [0.05, 0.1) is 17.7 Å². The van der Waals surface area contributed by atoms with Crippen molar-refractivity contribution in [2.45, 2.75) is 65.0 Å².